The lowest BCUT2D eigenvalue weighted by molar-refractivity contribution is 1.07. The highest BCUT2D eigenvalue weighted by atomic mass is 32.1. The van der Waals surface area contributed by atoms with E-state index in [1.807, 2.05) is 109 Å². The van der Waals surface area contributed by atoms with Crippen LogP contribution in [0.25, 0.3) is 110 Å². The highest BCUT2D eigenvalue weighted by molar-refractivity contribution is 7.26. The summed E-state index contributed by atoms with van der Waals surface area (Å²) in [5, 5.41) is -0.493. The van der Waals surface area contributed by atoms with Crippen molar-refractivity contribution in [1.29, 1.82) is 0 Å². The lowest BCUT2D eigenvalue weighted by Gasteiger charge is -2.12. The maximum atomic E-state index is 9.88. The van der Waals surface area contributed by atoms with E-state index < -0.39 is 148 Å². The summed E-state index contributed by atoms with van der Waals surface area (Å²) in [6.45, 7) is 0. The minimum absolute atomic E-state index is 0.0643. The van der Waals surface area contributed by atoms with Crippen molar-refractivity contribution in [3.8, 4) is 89.8 Å². The summed E-state index contributed by atoms with van der Waals surface area (Å²) < 4.78 is 172. The number of nitrogens with zero attached hydrogens (tertiary/aromatic N) is 3. The SMILES string of the molecule is [2H]c1c([2H])c([2H])c(-c2c([2H])c(-c3c([2H])c([2H])c([2H])c([2H])c3[2H])c([2H])c(-c3c([2H])c([2H])c([2H])c4sc5c([2H])c(-c6nc(-c7ccc(-c8ccccc8)cc7)nc(-c7ccc(-c8ccccc8)cc7)n6)c([2H])c([2H])c5c34)c2[2H])c([2H])c1[2H]. The van der Waals surface area contributed by atoms with Gasteiger partial charge in [-0.05, 0) is 85.8 Å². The van der Waals surface area contributed by atoms with Crippen LogP contribution in [0.1, 0.15) is 26.0 Å². The van der Waals surface area contributed by atoms with Gasteiger partial charge >= 0.3 is 0 Å². The van der Waals surface area contributed by atoms with Crippen molar-refractivity contribution in [2.45, 2.75) is 0 Å². The lowest BCUT2D eigenvalue weighted by Crippen LogP contribution is -2.00. The fourth-order valence-electron chi connectivity index (χ4n) is 6.97. The molecule has 9 aromatic carbocycles. The van der Waals surface area contributed by atoms with Crippen molar-refractivity contribution in [3.05, 3.63) is 224 Å². The molecule has 2 aromatic heterocycles. The molecular weight excluding hydrogens is 759 g/mol. The summed E-state index contributed by atoms with van der Waals surface area (Å²) in [7, 11) is 0. The van der Waals surface area contributed by atoms with Gasteiger partial charge in [0, 0.05) is 36.9 Å². The van der Waals surface area contributed by atoms with Gasteiger partial charge in [0.05, 0.1) is 26.0 Å². The van der Waals surface area contributed by atoms with Crippen LogP contribution in [0.3, 0.4) is 0 Å². The third-order valence-electron chi connectivity index (χ3n) is 9.93. The zero-order valence-corrected chi connectivity index (χ0v) is 32.5. The van der Waals surface area contributed by atoms with E-state index in [-0.39, 0.29) is 43.2 Å². The molecule has 0 spiro atoms. The summed E-state index contributed by atoms with van der Waals surface area (Å²) in [5.41, 5.74) is 0.439. The third-order valence-corrected chi connectivity index (χ3v) is 11.0. The predicted molar refractivity (Wildman–Crippen MR) is 256 cm³/mol. The molecule has 11 aromatic rings. The van der Waals surface area contributed by atoms with Crippen LogP contribution in [0.2, 0.25) is 0 Å². The quantitative estimate of drug-likeness (QED) is 0.153. The highest BCUT2D eigenvalue weighted by Crippen LogP contribution is 2.43. The van der Waals surface area contributed by atoms with Crippen LogP contribution in [-0.2, 0) is 0 Å². The topological polar surface area (TPSA) is 38.7 Å². The van der Waals surface area contributed by atoms with Crippen LogP contribution in [0.5, 0.6) is 0 Å². The second kappa shape index (κ2) is 15.8. The van der Waals surface area contributed by atoms with E-state index in [2.05, 4.69) is 0 Å². The van der Waals surface area contributed by atoms with Crippen LogP contribution in [0.4, 0.5) is 0 Å². The molecule has 3 nitrogen and oxygen atoms in total. The Labute approximate surface area is 385 Å². The highest BCUT2D eigenvalue weighted by Gasteiger charge is 2.17. The van der Waals surface area contributed by atoms with E-state index in [0.717, 1.165) is 33.6 Å². The van der Waals surface area contributed by atoms with Crippen molar-refractivity contribution >= 4 is 31.5 Å². The van der Waals surface area contributed by atoms with Gasteiger partial charge in [0.2, 0.25) is 0 Å². The Morgan fingerprint density at radius 3 is 1.30 bits per heavy atom. The van der Waals surface area contributed by atoms with Crippen LogP contribution in [0.15, 0.2) is 224 Å². The lowest BCUT2D eigenvalue weighted by atomic mass is 9.91. The molecule has 2 heterocycles. The minimum Gasteiger partial charge on any atom is -0.208 e. The summed E-state index contributed by atoms with van der Waals surface area (Å²) >= 11 is 0.742. The standard InChI is InChI=1S/C57H37N3S/c1-5-14-38(15-6-1)42-24-28-44(29-25-42)55-58-56(45-30-26-43(27-31-45)39-16-7-2-8-17-39)60-57(59-55)46-32-33-51-53(37-46)61-52-23-13-22-50(54(51)52)49-35-47(40-18-9-3-10-19-40)34-48(36-49)41-20-11-4-12-21-41/h1-37H/i3D,4D,9D,10D,11D,12D,13D,18D,19D,20D,21D,22D,23D,32D,33D,34D,35D,36D,37D. The molecule has 0 bridgehead atoms. The first-order valence-corrected chi connectivity index (χ1v) is 19.8. The van der Waals surface area contributed by atoms with Crippen molar-refractivity contribution < 1.29 is 26.0 Å². The Kier molecular flexibility index (Phi) is 5.54. The second-order valence-electron chi connectivity index (χ2n) is 13.7. The normalized spacial score (nSPS) is 15.6. The van der Waals surface area contributed by atoms with E-state index in [4.69, 9.17) is 30.0 Å². The molecule has 286 valence electrons. The molecule has 0 saturated heterocycles. The third kappa shape index (κ3) is 7.20. The van der Waals surface area contributed by atoms with E-state index >= 15 is 0 Å². The van der Waals surface area contributed by atoms with Gasteiger partial charge in [0.25, 0.3) is 0 Å². The first-order valence-electron chi connectivity index (χ1n) is 28.5. The molecule has 0 fully saturated rings. The number of thiophene rings is 1. The Bertz CT molecular complexity index is 4190. The zero-order chi connectivity index (χ0) is 57.1. The summed E-state index contributed by atoms with van der Waals surface area (Å²) in [4.78, 5) is 14.5. The fourth-order valence-corrected chi connectivity index (χ4v) is 7.99. The van der Waals surface area contributed by atoms with Crippen molar-refractivity contribution in [3.63, 3.8) is 0 Å². The van der Waals surface area contributed by atoms with Gasteiger partial charge in [-0.3, -0.25) is 0 Å². The van der Waals surface area contributed by atoms with Gasteiger partial charge < -0.3 is 0 Å². The smallest absolute Gasteiger partial charge is 0.164 e. The molecule has 0 aliphatic heterocycles. The molecule has 0 atom stereocenters. The first-order chi connectivity index (χ1) is 38.1. The first kappa shape index (κ1) is 21.5. The monoisotopic (exact) mass is 814 g/mol. The zero-order valence-electron chi connectivity index (χ0n) is 50.6. The molecule has 4 heteroatoms. The molecule has 0 radical (unpaired) electrons. The number of benzene rings is 9. The number of rotatable bonds is 8. The van der Waals surface area contributed by atoms with Gasteiger partial charge in [-0.1, -0.05) is 194 Å². The van der Waals surface area contributed by atoms with Crippen LogP contribution < -0.4 is 0 Å². The van der Waals surface area contributed by atoms with Crippen molar-refractivity contribution in [1.82, 2.24) is 15.0 Å². The summed E-state index contributed by atoms with van der Waals surface area (Å²) in [6.07, 6.45) is 0. The Morgan fingerprint density at radius 1 is 0.311 bits per heavy atom. The fraction of sp³-hybridized carbons (Fsp3) is 0. The Hall–Kier alpha value is -7.79. The van der Waals surface area contributed by atoms with Gasteiger partial charge in [-0.25, -0.2) is 15.0 Å². The average molecular weight is 815 g/mol. The van der Waals surface area contributed by atoms with E-state index in [9.17, 15) is 11.0 Å². The van der Waals surface area contributed by atoms with Crippen molar-refractivity contribution in [2.75, 3.05) is 0 Å². The average Bonchev–Trinajstić information content (AvgIpc) is 2.42. The molecule has 0 N–H and O–H groups in total. The van der Waals surface area contributed by atoms with Crippen LogP contribution in [0, 0.1) is 0 Å². The van der Waals surface area contributed by atoms with Gasteiger partial charge in [0.15, 0.2) is 17.5 Å². The van der Waals surface area contributed by atoms with Crippen molar-refractivity contribution in [2.24, 2.45) is 0 Å². The second-order valence-corrected chi connectivity index (χ2v) is 14.7. The van der Waals surface area contributed by atoms with Crippen LogP contribution >= 0.6 is 11.3 Å². The molecule has 0 aliphatic rings. The number of hydrogen-bond acceptors (Lipinski definition) is 4. The molecule has 0 amide bonds. The number of fused-ring (bicyclic) bond motifs is 3. The van der Waals surface area contributed by atoms with Gasteiger partial charge in [-0.2, -0.15) is 0 Å². The Balaban J connectivity index is 1.21. The molecule has 0 unspecified atom stereocenters. The van der Waals surface area contributed by atoms with E-state index in [1.54, 1.807) is 0 Å². The van der Waals surface area contributed by atoms with Gasteiger partial charge in [0.1, 0.15) is 0 Å². The molecule has 61 heavy (non-hydrogen) atoms. The van der Waals surface area contributed by atoms with E-state index in [0.29, 0.717) is 11.1 Å². The molecule has 11 rings (SSSR count). The Morgan fingerprint density at radius 2 is 0.770 bits per heavy atom. The largest absolute Gasteiger partial charge is 0.208 e. The van der Waals surface area contributed by atoms with E-state index in [1.165, 1.54) is 0 Å². The maximum Gasteiger partial charge on any atom is 0.164 e. The molecular formula is C57H37N3S. The summed E-state index contributed by atoms with van der Waals surface area (Å²) in [5.74, 6) is 0.168. The molecule has 0 aliphatic carbocycles. The minimum atomic E-state index is -0.940. The molecule has 0 saturated carbocycles. The number of aromatic nitrogens is 3. The predicted octanol–water partition coefficient (Wildman–Crippen LogP) is 15.6. The number of hydrogen-bond donors (Lipinski definition) is 0. The summed E-state index contributed by atoms with van der Waals surface area (Å²) in [6, 6.07) is 19.0. The van der Waals surface area contributed by atoms with Gasteiger partial charge in [-0.15, -0.1) is 11.3 Å². The van der Waals surface area contributed by atoms with Crippen LogP contribution in [-0.4, -0.2) is 15.0 Å². The maximum absolute atomic E-state index is 9.88.